The highest BCUT2D eigenvalue weighted by atomic mass is 19.1. The largest absolute Gasteiger partial charge is 0.375 e. The zero-order chi connectivity index (χ0) is 12.3. The molecule has 1 N–H and O–H groups in total. The highest BCUT2D eigenvalue weighted by Crippen LogP contribution is 2.14. The van der Waals surface area contributed by atoms with Crippen molar-refractivity contribution in [1.82, 2.24) is 14.8 Å². The summed E-state index contributed by atoms with van der Waals surface area (Å²) in [6.07, 6.45) is 1.51. The van der Waals surface area contributed by atoms with Crippen LogP contribution in [0.2, 0.25) is 0 Å². The molecule has 0 saturated carbocycles. The summed E-state index contributed by atoms with van der Waals surface area (Å²) in [5, 5.41) is 7.13. The first kappa shape index (κ1) is 11.6. The maximum Gasteiger partial charge on any atom is 0.146 e. The predicted octanol–water partition coefficient (Wildman–Crippen LogP) is 2.61. The number of aromatic nitrogens is 3. The van der Waals surface area contributed by atoms with Gasteiger partial charge in [-0.1, -0.05) is 12.1 Å². The number of anilines is 1. The third-order valence-electron chi connectivity index (χ3n) is 2.45. The van der Waals surface area contributed by atoms with Gasteiger partial charge >= 0.3 is 0 Å². The van der Waals surface area contributed by atoms with E-state index in [0.29, 0.717) is 12.2 Å². The first-order valence-corrected chi connectivity index (χ1v) is 5.55. The van der Waals surface area contributed by atoms with Crippen LogP contribution >= 0.6 is 0 Å². The van der Waals surface area contributed by atoms with E-state index in [2.05, 4.69) is 15.4 Å². The quantitative estimate of drug-likeness (QED) is 0.884. The Kier molecular flexibility index (Phi) is 3.37. The van der Waals surface area contributed by atoms with Gasteiger partial charge in [0, 0.05) is 6.04 Å². The Morgan fingerprint density at radius 3 is 2.82 bits per heavy atom. The van der Waals surface area contributed by atoms with Crippen LogP contribution in [0.25, 0.3) is 0 Å². The number of nitrogens with one attached hydrogen (secondary N) is 1. The standard InChI is InChI=1S/C12H15FN4/c1-9(2)17-12(15-8-16-17)7-14-11-6-4-3-5-10(11)13/h3-6,8-9,14H,7H2,1-2H3. The monoisotopic (exact) mass is 234 g/mol. The van der Waals surface area contributed by atoms with Crippen molar-refractivity contribution in [2.75, 3.05) is 5.32 Å². The Labute approximate surface area is 99.5 Å². The summed E-state index contributed by atoms with van der Waals surface area (Å²) in [7, 11) is 0. The highest BCUT2D eigenvalue weighted by molar-refractivity contribution is 5.44. The lowest BCUT2D eigenvalue weighted by Gasteiger charge is -2.11. The molecule has 0 aliphatic rings. The van der Waals surface area contributed by atoms with E-state index in [1.54, 1.807) is 18.2 Å². The molecule has 1 heterocycles. The van der Waals surface area contributed by atoms with Gasteiger partial charge in [0.25, 0.3) is 0 Å². The fourth-order valence-corrected chi connectivity index (χ4v) is 1.61. The van der Waals surface area contributed by atoms with Crippen LogP contribution < -0.4 is 5.32 Å². The zero-order valence-electron chi connectivity index (χ0n) is 9.89. The van der Waals surface area contributed by atoms with E-state index in [-0.39, 0.29) is 11.9 Å². The molecule has 0 unspecified atom stereocenters. The Morgan fingerprint density at radius 1 is 1.35 bits per heavy atom. The van der Waals surface area contributed by atoms with Crippen LogP contribution in [0.5, 0.6) is 0 Å². The summed E-state index contributed by atoms with van der Waals surface area (Å²) in [5.74, 6) is 0.534. The minimum absolute atomic E-state index is 0.245. The van der Waals surface area contributed by atoms with Gasteiger partial charge < -0.3 is 5.32 Å². The molecule has 0 amide bonds. The summed E-state index contributed by atoms with van der Waals surface area (Å²) in [6.45, 7) is 4.52. The predicted molar refractivity (Wildman–Crippen MR) is 64.1 cm³/mol. The Balaban J connectivity index is 2.08. The number of nitrogens with zero attached hydrogens (tertiary/aromatic N) is 3. The van der Waals surface area contributed by atoms with Crippen molar-refractivity contribution in [3.63, 3.8) is 0 Å². The molecule has 0 saturated heterocycles. The van der Waals surface area contributed by atoms with Gasteiger partial charge in [-0.15, -0.1) is 0 Å². The molecule has 4 nitrogen and oxygen atoms in total. The molecule has 0 bridgehead atoms. The first-order valence-electron chi connectivity index (χ1n) is 5.55. The molecule has 2 aromatic rings. The molecule has 1 aromatic heterocycles. The summed E-state index contributed by atoms with van der Waals surface area (Å²) < 4.78 is 15.2. The maximum atomic E-state index is 13.4. The molecule has 0 fully saturated rings. The number of hydrogen-bond acceptors (Lipinski definition) is 3. The van der Waals surface area contributed by atoms with Crippen molar-refractivity contribution in [2.24, 2.45) is 0 Å². The van der Waals surface area contributed by atoms with Crippen molar-refractivity contribution in [2.45, 2.75) is 26.4 Å². The second kappa shape index (κ2) is 4.95. The fourth-order valence-electron chi connectivity index (χ4n) is 1.61. The van der Waals surface area contributed by atoms with Gasteiger partial charge in [0.05, 0.1) is 12.2 Å². The number of halogens is 1. The summed E-state index contributed by atoms with van der Waals surface area (Å²) in [6, 6.07) is 6.83. The second-order valence-electron chi connectivity index (χ2n) is 4.05. The highest BCUT2D eigenvalue weighted by Gasteiger charge is 2.08. The maximum absolute atomic E-state index is 13.4. The molecular weight excluding hydrogens is 219 g/mol. The third-order valence-corrected chi connectivity index (χ3v) is 2.45. The van der Waals surface area contributed by atoms with Gasteiger partial charge in [-0.2, -0.15) is 5.10 Å². The second-order valence-corrected chi connectivity index (χ2v) is 4.05. The van der Waals surface area contributed by atoms with E-state index < -0.39 is 0 Å². The molecule has 0 atom stereocenters. The lowest BCUT2D eigenvalue weighted by Crippen LogP contribution is -2.12. The normalized spacial score (nSPS) is 10.8. The van der Waals surface area contributed by atoms with Crippen LogP contribution in [0.3, 0.4) is 0 Å². The molecule has 0 spiro atoms. The van der Waals surface area contributed by atoms with Gasteiger partial charge in [0.15, 0.2) is 0 Å². The van der Waals surface area contributed by atoms with Crippen molar-refractivity contribution >= 4 is 5.69 Å². The molecule has 0 radical (unpaired) electrons. The lowest BCUT2D eigenvalue weighted by molar-refractivity contribution is 0.508. The molecule has 17 heavy (non-hydrogen) atoms. The smallest absolute Gasteiger partial charge is 0.146 e. The Bertz CT molecular complexity index is 493. The lowest BCUT2D eigenvalue weighted by atomic mass is 10.3. The summed E-state index contributed by atoms with van der Waals surface area (Å²) in [5.41, 5.74) is 0.478. The fraction of sp³-hybridized carbons (Fsp3) is 0.333. The van der Waals surface area contributed by atoms with Crippen molar-refractivity contribution in [3.05, 3.63) is 42.2 Å². The van der Waals surface area contributed by atoms with Crippen LogP contribution in [0.15, 0.2) is 30.6 Å². The average Bonchev–Trinajstić information content (AvgIpc) is 2.76. The van der Waals surface area contributed by atoms with Crippen LogP contribution in [-0.4, -0.2) is 14.8 Å². The topological polar surface area (TPSA) is 42.7 Å². The molecule has 5 heteroatoms. The number of para-hydroxylation sites is 1. The number of hydrogen-bond donors (Lipinski definition) is 1. The van der Waals surface area contributed by atoms with Crippen LogP contribution in [-0.2, 0) is 6.54 Å². The molecular formula is C12H15FN4. The third kappa shape index (κ3) is 2.61. The Hall–Kier alpha value is -1.91. The number of rotatable bonds is 4. The van der Waals surface area contributed by atoms with Crippen LogP contribution in [0.1, 0.15) is 25.7 Å². The van der Waals surface area contributed by atoms with Gasteiger partial charge in [0.1, 0.15) is 18.0 Å². The van der Waals surface area contributed by atoms with E-state index in [4.69, 9.17) is 0 Å². The summed E-state index contributed by atoms with van der Waals surface area (Å²) in [4.78, 5) is 4.15. The van der Waals surface area contributed by atoms with Gasteiger partial charge in [-0.25, -0.2) is 14.1 Å². The minimum Gasteiger partial charge on any atom is -0.375 e. The average molecular weight is 234 g/mol. The van der Waals surface area contributed by atoms with Crippen molar-refractivity contribution in [1.29, 1.82) is 0 Å². The molecule has 90 valence electrons. The van der Waals surface area contributed by atoms with E-state index in [1.807, 2.05) is 18.5 Å². The van der Waals surface area contributed by atoms with E-state index in [0.717, 1.165) is 5.82 Å². The number of benzene rings is 1. The van der Waals surface area contributed by atoms with Gasteiger partial charge in [0.2, 0.25) is 0 Å². The van der Waals surface area contributed by atoms with Gasteiger partial charge in [-0.05, 0) is 26.0 Å². The van der Waals surface area contributed by atoms with Gasteiger partial charge in [-0.3, -0.25) is 0 Å². The zero-order valence-corrected chi connectivity index (χ0v) is 9.89. The molecule has 0 aliphatic heterocycles. The SMILES string of the molecule is CC(C)n1ncnc1CNc1ccccc1F. The molecule has 2 rings (SSSR count). The van der Waals surface area contributed by atoms with Crippen molar-refractivity contribution in [3.8, 4) is 0 Å². The molecule has 0 aliphatic carbocycles. The first-order chi connectivity index (χ1) is 8.18. The summed E-state index contributed by atoms with van der Waals surface area (Å²) >= 11 is 0. The Morgan fingerprint density at radius 2 is 2.12 bits per heavy atom. The van der Waals surface area contributed by atoms with Crippen LogP contribution in [0.4, 0.5) is 10.1 Å². The van der Waals surface area contributed by atoms with Crippen LogP contribution in [0, 0.1) is 5.82 Å². The molecule has 1 aromatic carbocycles. The van der Waals surface area contributed by atoms with Crippen molar-refractivity contribution < 1.29 is 4.39 Å². The minimum atomic E-state index is -0.261. The van der Waals surface area contributed by atoms with E-state index in [1.165, 1.54) is 12.4 Å². The van der Waals surface area contributed by atoms with E-state index in [9.17, 15) is 4.39 Å². The van der Waals surface area contributed by atoms with E-state index >= 15 is 0 Å².